The van der Waals surface area contributed by atoms with Gasteiger partial charge in [0.25, 0.3) is 0 Å². The number of nitrogens with zero attached hydrogens (tertiary/aromatic N) is 1. The Hall–Kier alpha value is -2.40. The van der Waals surface area contributed by atoms with Crippen molar-refractivity contribution >= 4 is 0 Å². The van der Waals surface area contributed by atoms with Gasteiger partial charge in [-0.3, -0.25) is 0 Å². The highest BCUT2D eigenvalue weighted by atomic mass is 15.1. The summed E-state index contributed by atoms with van der Waals surface area (Å²) in [4.78, 5) is 2.37. The van der Waals surface area contributed by atoms with Crippen LogP contribution in [0, 0.1) is 0 Å². The normalized spacial score (nSPS) is 17.7. The van der Waals surface area contributed by atoms with Crippen LogP contribution in [0.3, 0.4) is 0 Å². The topological polar surface area (TPSA) is 39.3 Å². The zero-order valence-corrected chi connectivity index (χ0v) is 18.0. The molecule has 1 heterocycles. The molecule has 0 saturated heterocycles. The highest BCUT2D eigenvalue weighted by molar-refractivity contribution is 5.34. The summed E-state index contributed by atoms with van der Waals surface area (Å²) in [5.41, 5.74) is 6.98. The fraction of sp³-hybridized carbons (Fsp3) is 0.385. The molecule has 4 rings (SSSR count). The predicted molar refractivity (Wildman–Crippen MR) is 125 cm³/mol. The van der Waals surface area contributed by atoms with Crippen LogP contribution in [0.25, 0.3) is 0 Å². The van der Waals surface area contributed by atoms with Crippen molar-refractivity contribution in [1.29, 1.82) is 0 Å². The zero-order chi connectivity index (χ0) is 20.6. The van der Waals surface area contributed by atoms with Crippen LogP contribution in [-0.2, 0) is 19.5 Å². The van der Waals surface area contributed by atoms with E-state index in [2.05, 4.69) is 94.7 Å². The molecule has 2 aliphatic rings. The van der Waals surface area contributed by atoms with E-state index in [-0.39, 0.29) is 0 Å². The SMILES string of the molecule is CN(CCNCC1=CC=CCN1)Cc1ccc(CNC2CCc3ccccc32)cc1. The molecular weight excluding hydrogens is 368 g/mol. The maximum Gasteiger partial charge on any atom is 0.0354 e. The summed E-state index contributed by atoms with van der Waals surface area (Å²) in [6, 6.07) is 18.4. The summed E-state index contributed by atoms with van der Waals surface area (Å²) >= 11 is 0. The number of fused-ring (bicyclic) bond motifs is 1. The Labute approximate surface area is 181 Å². The Morgan fingerprint density at radius 1 is 1.03 bits per heavy atom. The first-order chi connectivity index (χ1) is 14.8. The number of hydrogen-bond acceptors (Lipinski definition) is 4. The van der Waals surface area contributed by atoms with Gasteiger partial charge < -0.3 is 20.9 Å². The largest absolute Gasteiger partial charge is 0.384 e. The molecular formula is C26H34N4. The molecule has 0 radical (unpaired) electrons. The average molecular weight is 403 g/mol. The van der Waals surface area contributed by atoms with Crippen LogP contribution in [0.4, 0.5) is 0 Å². The minimum atomic E-state index is 0.495. The van der Waals surface area contributed by atoms with Crippen LogP contribution in [0.5, 0.6) is 0 Å². The first-order valence-corrected chi connectivity index (χ1v) is 11.2. The van der Waals surface area contributed by atoms with E-state index in [0.29, 0.717) is 6.04 Å². The van der Waals surface area contributed by atoms with Crippen molar-refractivity contribution in [2.75, 3.05) is 33.2 Å². The van der Waals surface area contributed by atoms with Gasteiger partial charge in [0, 0.05) is 51.0 Å². The van der Waals surface area contributed by atoms with Crippen molar-refractivity contribution in [2.45, 2.75) is 32.0 Å². The van der Waals surface area contributed by atoms with Gasteiger partial charge >= 0.3 is 0 Å². The second-order valence-electron chi connectivity index (χ2n) is 8.40. The summed E-state index contributed by atoms with van der Waals surface area (Å²) in [5, 5.41) is 10.6. The Kier molecular flexibility index (Phi) is 7.35. The van der Waals surface area contributed by atoms with Crippen molar-refractivity contribution in [1.82, 2.24) is 20.9 Å². The molecule has 1 unspecified atom stereocenters. The monoisotopic (exact) mass is 402 g/mol. The molecule has 4 heteroatoms. The number of aryl methyl sites for hydroxylation is 1. The van der Waals surface area contributed by atoms with E-state index in [4.69, 9.17) is 0 Å². The maximum atomic E-state index is 3.74. The third-order valence-corrected chi connectivity index (χ3v) is 6.03. The lowest BCUT2D eigenvalue weighted by Crippen LogP contribution is -2.32. The molecule has 0 spiro atoms. The lowest BCUT2D eigenvalue weighted by Gasteiger charge is -2.19. The lowest BCUT2D eigenvalue weighted by atomic mass is 10.1. The average Bonchev–Trinajstić information content (AvgIpc) is 3.20. The smallest absolute Gasteiger partial charge is 0.0354 e. The van der Waals surface area contributed by atoms with E-state index >= 15 is 0 Å². The highest BCUT2D eigenvalue weighted by Crippen LogP contribution is 2.30. The van der Waals surface area contributed by atoms with Crippen LogP contribution in [0.15, 0.2) is 72.5 Å². The second-order valence-corrected chi connectivity index (χ2v) is 8.40. The Morgan fingerprint density at radius 2 is 1.87 bits per heavy atom. The van der Waals surface area contributed by atoms with Crippen molar-refractivity contribution in [3.8, 4) is 0 Å². The number of hydrogen-bond donors (Lipinski definition) is 3. The number of rotatable bonds is 10. The minimum Gasteiger partial charge on any atom is -0.384 e. The van der Waals surface area contributed by atoms with E-state index in [0.717, 1.165) is 39.3 Å². The van der Waals surface area contributed by atoms with E-state index in [1.165, 1.54) is 40.8 Å². The lowest BCUT2D eigenvalue weighted by molar-refractivity contribution is 0.326. The van der Waals surface area contributed by atoms with Crippen LogP contribution in [0.1, 0.15) is 34.7 Å². The molecule has 4 nitrogen and oxygen atoms in total. The number of nitrogens with one attached hydrogen (secondary N) is 3. The summed E-state index contributed by atoms with van der Waals surface area (Å²) in [6.07, 6.45) is 8.79. The Bertz CT molecular complexity index is 869. The first kappa shape index (κ1) is 20.9. The number of dihydropyridines is 1. The Morgan fingerprint density at radius 3 is 2.70 bits per heavy atom. The summed E-state index contributed by atoms with van der Waals surface area (Å²) in [6.45, 7) is 5.78. The van der Waals surface area contributed by atoms with E-state index in [9.17, 15) is 0 Å². The van der Waals surface area contributed by atoms with Crippen molar-refractivity contribution in [3.05, 3.63) is 94.7 Å². The number of likely N-dealkylation sites (N-methyl/N-ethyl adjacent to an activating group) is 1. The second kappa shape index (κ2) is 10.6. The molecule has 3 N–H and O–H groups in total. The summed E-state index contributed by atoms with van der Waals surface area (Å²) in [5.74, 6) is 0. The summed E-state index contributed by atoms with van der Waals surface area (Å²) in [7, 11) is 2.19. The molecule has 0 aromatic heterocycles. The Balaban J connectivity index is 1.16. The molecule has 0 amide bonds. The molecule has 1 atom stereocenters. The molecule has 158 valence electrons. The van der Waals surface area contributed by atoms with Gasteiger partial charge in [0.1, 0.15) is 0 Å². The van der Waals surface area contributed by atoms with Crippen molar-refractivity contribution < 1.29 is 0 Å². The number of allylic oxidation sites excluding steroid dienone is 2. The van der Waals surface area contributed by atoms with Gasteiger partial charge in [-0.1, -0.05) is 60.7 Å². The standard InChI is InChI=1S/C26H34N4/c1-30(17-16-27-19-24-7-4-5-15-28-24)20-22-11-9-21(10-12-22)18-29-26-14-13-23-6-2-3-8-25(23)26/h2-12,26-29H,13-20H2,1H3. The van der Waals surface area contributed by atoms with Gasteiger partial charge in [0.15, 0.2) is 0 Å². The molecule has 1 aliphatic heterocycles. The quantitative estimate of drug-likeness (QED) is 0.532. The number of benzene rings is 2. The van der Waals surface area contributed by atoms with E-state index < -0.39 is 0 Å². The molecule has 30 heavy (non-hydrogen) atoms. The van der Waals surface area contributed by atoms with Gasteiger partial charge in [0.2, 0.25) is 0 Å². The molecule has 1 aliphatic carbocycles. The van der Waals surface area contributed by atoms with Gasteiger partial charge in [-0.15, -0.1) is 0 Å². The third kappa shape index (κ3) is 5.82. The fourth-order valence-corrected chi connectivity index (χ4v) is 4.28. The fourth-order valence-electron chi connectivity index (χ4n) is 4.28. The zero-order valence-electron chi connectivity index (χ0n) is 18.0. The highest BCUT2D eigenvalue weighted by Gasteiger charge is 2.20. The molecule has 0 saturated carbocycles. The van der Waals surface area contributed by atoms with Crippen molar-refractivity contribution in [2.24, 2.45) is 0 Å². The van der Waals surface area contributed by atoms with Crippen LogP contribution >= 0.6 is 0 Å². The summed E-state index contributed by atoms with van der Waals surface area (Å²) < 4.78 is 0. The van der Waals surface area contributed by atoms with Crippen LogP contribution in [-0.4, -0.2) is 38.1 Å². The maximum absolute atomic E-state index is 3.74. The molecule has 2 aromatic carbocycles. The molecule has 2 aromatic rings. The predicted octanol–water partition coefficient (Wildman–Crippen LogP) is 3.53. The van der Waals surface area contributed by atoms with Gasteiger partial charge in [-0.25, -0.2) is 0 Å². The van der Waals surface area contributed by atoms with Gasteiger partial charge in [0.05, 0.1) is 0 Å². The first-order valence-electron chi connectivity index (χ1n) is 11.2. The van der Waals surface area contributed by atoms with Crippen molar-refractivity contribution in [3.63, 3.8) is 0 Å². The molecule has 0 fully saturated rings. The third-order valence-electron chi connectivity index (χ3n) is 6.03. The van der Waals surface area contributed by atoms with E-state index in [1.807, 2.05) is 0 Å². The van der Waals surface area contributed by atoms with Crippen LogP contribution < -0.4 is 16.0 Å². The van der Waals surface area contributed by atoms with Gasteiger partial charge in [-0.2, -0.15) is 0 Å². The molecule has 0 bridgehead atoms. The van der Waals surface area contributed by atoms with Gasteiger partial charge in [-0.05, 0) is 48.2 Å². The van der Waals surface area contributed by atoms with E-state index in [1.54, 1.807) is 0 Å². The minimum absolute atomic E-state index is 0.495. The van der Waals surface area contributed by atoms with Crippen LogP contribution in [0.2, 0.25) is 0 Å².